The van der Waals surface area contributed by atoms with E-state index in [0.29, 0.717) is 49.8 Å². The molecule has 3 N–H and O–H groups in total. The zero-order chi connectivity index (χ0) is 25.0. The summed E-state index contributed by atoms with van der Waals surface area (Å²) in [7, 11) is 0. The van der Waals surface area contributed by atoms with Crippen molar-refractivity contribution in [1.29, 1.82) is 5.26 Å². The number of hydrogen-bond acceptors (Lipinski definition) is 5. The van der Waals surface area contributed by atoms with E-state index < -0.39 is 34.5 Å². The lowest BCUT2D eigenvalue weighted by atomic mass is 9.70. The van der Waals surface area contributed by atoms with Crippen LogP contribution in [0.15, 0.2) is 24.3 Å². The van der Waals surface area contributed by atoms with Gasteiger partial charge in [0, 0.05) is 48.9 Å². The number of nitrogens with one attached hydrogen (secondary N) is 1. The number of hydrogen-bond donors (Lipinski definition) is 2. The number of amides is 2. The number of carbonyl (C=O) groups is 2. The van der Waals surface area contributed by atoms with Crippen LogP contribution in [0.4, 0.5) is 18.9 Å². The quantitative estimate of drug-likeness (QED) is 0.689. The van der Waals surface area contributed by atoms with Crippen molar-refractivity contribution in [3.63, 3.8) is 0 Å². The number of primary amides is 1. The van der Waals surface area contributed by atoms with Crippen LogP contribution in [0, 0.1) is 22.7 Å². The second kappa shape index (κ2) is 8.29. The molecule has 8 nitrogen and oxygen atoms in total. The predicted octanol–water partition coefficient (Wildman–Crippen LogP) is 3.02. The lowest BCUT2D eigenvalue weighted by molar-refractivity contribution is -0.137. The van der Waals surface area contributed by atoms with E-state index in [0.717, 1.165) is 24.6 Å². The predicted molar refractivity (Wildman–Crippen MR) is 119 cm³/mol. The van der Waals surface area contributed by atoms with E-state index in [1.165, 1.54) is 12.1 Å². The minimum Gasteiger partial charge on any atom is -0.371 e. The molecule has 0 radical (unpaired) electrons. The number of nitrogens with two attached hydrogens (primary N) is 1. The highest BCUT2D eigenvalue weighted by molar-refractivity contribution is 5.93. The molecule has 35 heavy (non-hydrogen) atoms. The summed E-state index contributed by atoms with van der Waals surface area (Å²) in [5, 5.41) is 16.1. The maximum Gasteiger partial charge on any atom is 0.417 e. The Bertz CT molecular complexity index is 1200. The first kappa shape index (κ1) is 23.2. The molecule has 1 saturated carbocycles. The number of alkyl halides is 3. The number of aromatic nitrogens is 2. The van der Waals surface area contributed by atoms with E-state index in [9.17, 15) is 22.8 Å². The van der Waals surface area contributed by atoms with Gasteiger partial charge in [-0.2, -0.15) is 23.5 Å². The van der Waals surface area contributed by atoms with Gasteiger partial charge in [-0.15, -0.1) is 0 Å². The fourth-order valence-electron chi connectivity index (χ4n) is 5.50. The smallest absolute Gasteiger partial charge is 0.371 e. The van der Waals surface area contributed by atoms with Gasteiger partial charge >= 0.3 is 6.18 Å². The second-order valence-corrected chi connectivity index (χ2v) is 9.81. The Kier molecular flexibility index (Phi) is 5.49. The van der Waals surface area contributed by atoms with Crippen LogP contribution in [0.1, 0.15) is 58.9 Å². The molecule has 1 atom stereocenters. The van der Waals surface area contributed by atoms with Crippen molar-refractivity contribution >= 4 is 17.5 Å². The van der Waals surface area contributed by atoms with Gasteiger partial charge in [-0.25, -0.2) is 0 Å². The number of nitriles is 1. The van der Waals surface area contributed by atoms with Crippen molar-refractivity contribution in [2.45, 2.75) is 37.8 Å². The maximum atomic E-state index is 13.4. The van der Waals surface area contributed by atoms with Crippen LogP contribution in [0.2, 0.25) is 0 Å². The lowest BCUT2D eigenvalue weighted by Crippen LogP contribution is -2.47. The summed E-state index contributed by atoms with van der Waals surface area (Å²) < 4.78 is 40.2. The fraction of sp³-hybridized carbons (Fsp3) is 0.500. The van der Waals surface area contributed by atoms with Crippen LogP contribution in [0.25, 0.3) is 0 Å². The summed E-state index contributed by atoms with van der Waals surface area (Å²) in [5.74, 6) is -0.841. The SMILES string of the molecule is N#Cc1ccc(N2CCC3(CC2)CN(C(=O)c2cc(C4CC4)[nH]n2)CC3C(N)=O)cc1C(F)(F)F. The highest BCUT2D eigenvalue weighted by Gasteiger charge is 2.52. The third kappa shape index (κ3) is 4.22. The zero-order valence-electron chi connectivity index (χ0n) is 18.9. The van der Waals surface area contributed by atoms with E-state index in [2.05, 4.69) is 10.2 Å². The van der Waals surface area contributed by atoms with Gasteiger partial charge in [-0.3, -0.25) is 14.7 Å². The van der Waals surface area contributed by atoms with Crippen LogP contribution in [0.3, 0.4) is 0 Å². The van der Waals surface area contributed by atoms with Crippen LogP contribution >= 0.6 is 0 Å². The Morgan fingerprint density at radius 2 is 1.91 bits per heavy atom. The fourth-order valence-corrected chi connectivity index (χ4v) is 5.50. The molecule has 1 aromatic heterocycles. The van der Waals surface area contributed by atoms with Crippen LogP contribution < -0.4 is 10.6 Å². The van der Waals surface area contributed by atoms with Crippen LogP contribution in [-0.4, -0.2) is 53.1 Å². The van der Waals surface area contributed by atoms with Gasteiger partial charge in [0.1, 0.15) is 5.69 Å². The minimum absolute atomic E-state index is 0.203. The monoisotopic (exact) mass is 486 g/mol. The van der Waals surface area contributed by atoms with E-state index in [4.69, 9.17) is 11.0 Å². The average molecular weight is 486 g/mol. The van der Waals surface area contributed by atoms with E-state index >= 15 is 0 Å². The molecule has 5 rings (SSSR count). The molecule has 3 heterocycles. The zero-order valence-corrected chi connectivity index (χ0v) is 18.9. The lowest BCUT2D eigenvalue weighted by Gasteiger charge is -2.42. The molecule has 1 aromatic carbocycles. The standard InChI is InChI=1S/C24H25F3N6O2/c25-24(26,27)17-9-16(4-3-15(17)11-28)32-7-5-23(6-8-32)13-33(12-18(23)21(29)34)22(35)20-10-19(30-31-20)14-1-2-14/h3-4,9-10,14,18H,1-2,5-8,12-13H2,(H2,29,34)(H,30,31). The van der Waals surface area contributed by atoms with Crippen LogP contribution in [-0.2, 0) is 11.0 Å². The number of H-pyrrole nitrogens is 1. The summed E-state index contributed by atoms with van der Waals surface area (Å²) >= 11 is 0. The molecule has 2 amide bonds. The highest BCUT2D eigenvalue weighted by atomic mass is 19.4. The summed E-state index contributed by atoms with van der Waals surface area (Å²) in [6, 6.07) is 7.07. The van der Waals surface area contributed by atoms with Crippen LogP contribution in [0.5, 0.6) is 0 Å². The average Bonchev–Trinajstić information content (AvgIpc) is 3.44. The number of rotatable bonds is 4. The first-order chi connectivity index (χ1) is 16.6. The van der Waals surface area contributed by atoms with Gasteiger partial charge in [0.15, 0.2) is 0 Å². The van der Waals surface area contributed by atoms with E-state index in [-0.39, 0.29) is 12.5 Å². The number of benzene rings is 1. The van der Waals surface area contributed by atoms with Crippen molar-refractivity contribution in [1.82, 2.24) is 15.1 Å². The molecular formula is C24H25F3N6O2. The summed E-state index contributed by atoms with van der Waals surface area (Å²) in [4.78, 5) is 28.9. The Balaban J connectivity index is 1.32. The third-order valence-electron chi connectivity index (χ3n) is 7.67. The third-order valence-corrected chi connectivity index (χ3v) is 7.67. The number of carbonyl (C=O) groups excluding carboxylic acids is 2. The van der Waals surface area contributed by atoms with Crippen molar-refractivity contribution in [2.24, 2.45) is 17.1 Å². The highest BCUT2D eigenvalue weighted by Crippen LogP contribution is 2.46. The van der Waals surface area contributed by atoms with Gasteiger partial charge in [-0.1, -0.05) is 0 Å². The summed E-state index contributed by atoms with van der Waals surface area (Å²) in [5.41, 5.74) is 5.46. The Morgan fingerprint density at radius 3 is 2.51 bits per heavy atom. The molecule has 1 unspecified atom stereocenters. The number of likely N-dealkylation sites (tertiary alicyclic amines) is 1. The van der Waals surface area contributed by atoms with Crippen molar-refractivity contribution in [3.8, 4) is 6.07 Å². The molecule has 3 fully saturated rings. The summed E-state index contributed by atoms with van der Waals surface area (Å²) in [6.45, 7) is 1.36. The molecule has 11 heteroatoms. The van der Waals surface area contributed by atoms with Gasteiger partial charge < -0.3 is 15.5 Å². The first-order valence-corrected chi connectivity index (χ1v) is 11.6. The molecule has 1 aliphatic carbocycles. The Morgan fingerprint density at radius 1 is 1.20 bits per heavy atom. The molecule has 2 aliphatic heterocycles. The molecule has 0 bridgehead atoms. The van der Waals surface area contributed by atoms with Crippen molar-refractivity contribution < 1.29 is 22.8 Å². The molecular weight excluding hydrogens is 461 g/mol. The Hall–Kier alpha value is -3.55. The first-order valence-electron chi connectivity index (χ1n) is 11.6. The van der Waals surface area contributed by atoms with Gasteiger partial charge in [0.05, 0.1) is 23.1 Å². The number of piperidine rings is 1. The number of nitrogens with zero attached hydrogens (tertiary/aromatic N) is 4. The number of halogens is 3. The molecule has 2 aromatic rings. The Labute approximate surface area is 199 Å². The van der Waals surface area contributed by atoms with E-state index in [1.54, 1.807) is 17.0 Å². The molecule has 3 aliphatic rings. The largest absolute Gasteiger partial charge is 0.417 e. The van der Waals surface area contributed by atoms with Crippen molar-refractivity contribution in [3.05, 3.63) is 46.8 Å². The molecule has 184 valence electrons. The number of anilines is 1. The second-order valence-electron chi connectivity index (χ2n) is 9.81. The van der Waals surface area contributed by atoms with E-state index in [1.807, 2.05) is 4.90 Å². The molecule has 1 spiro atoms. The minimum atomic E-state index is -4.63. The topological polar surface area (TPSA) is 119 Å². The maximum absolute atomic E-state index is 13.4. The number of aromatic amines is 1. The normalized spacial score (nSPS) is 21.8. The van der Waals surface area contributed by atoms with Gasteiger partial charge in [0.2, 0.25) is 5.91 Å². The van der Waals surface area contributed by atoms with Gasteiger partial charge in [-0.05, 0) is 49.9 Å². The molecule has 2 saturated heterocycles. The summed E-state index contributed by atoms with van der Waals surface area (Å²) in [6.07, 6.45) is -1.48. The van der Waals surface area contributed by atoms with Gasteiger partial charge in [0.25, 0.3) is 5.91 Å². The van der Waals surface area contributed by atoms with Crippen molar-refractivity contribution in [2.75, 3.05) is 31.1 Å².